The van der Waals surface area contributed by atoms with E-state index in [1.807, 2.05) is 19.0 Å². The second-order valence-electron chi connectivity index (χ2n) is 13.3. The molecule has 10 nitrogen and oxygen atoms in total. The summed E-state index contributed by atoms with van der Waals surface area (Å²) in [5.74, 6) is -0.485. The molecule has 0 aliphatic rings. The number of nitrogens with zero attached hydrogens (tertiary/aromatic N) is 2. The summed E-state index contributed by atoms with van der Waals surface area (Å²) < 4.78 is 22.0. The van der Waals surface area contributed by atoms with Gasteiger partial charge in [0.2, 0.25) is 5.75 Å². The summed E-state index contributed by atoms with van der Waals surface area (Å²) >= 11 is 0. The van der Waals surface area contributed by atoms with E-state index in [4.69, 9.17) is 18.9 Å². The summed E-state index contributed by atoms with van der Waals surface area (Å²) in [6, 6.07) is 2.97. The standard InChI is InChI=1S/C38H68N2O8/c1-7-9-11-13-15-17-21-32(41)29-40(30-33(42)22-18-16-14-12-10-8-2)25-19-23-36(43)48-37-34(45-5)27-31(28-35(37)46-6)38(44)47-26-20-24-39(3)4/h27-28,32-33,41-42H,7-26,29-30H2,1-6H3. The average molecular weight is 681 g/mol. The molecule has 278 valence electrons. The molecule has 0 aromatic heterocycles. The largest absolute Gasteiger partial charge is 0.493 e. The van der Waals surface area contributed by atoms with Crippen molar-refractivity contribution in [3.05, 3.63) is 17.7 Å². The summed E-state index contributed by atoms with van der Waals surface area (Å²) in [4.78, 5) is 29.7. The number of rotatable bonds is 30. The van der Waals surface area contributed by atoms with Crippen LogP contribution in [0.15, 0.2) is 12.1 Å². The lowest BCUT2D eigenvalue weighted by molar-refractivity contribution is -0.134. The van der Waals surface area contributed by atoms with Gasteiger partial charge in [0.05, 0.1) is 38.6 Å². The number of methoxy groups -OCH3 is 2. The van der Waals surface area contributed by atoms with Gasteiger partial charge in [0, 0.05) is 26.1 Å². The zero-order valence-corrected chi connectivity index (χ0v) is 31.1. The van der Waals surface area contributed by atoms with Crippen molar-refractivity contribution in [3.63, 3.8) is 0 Å². The van der Waals surface area contributed by atoms with Gasteiger partial charge in [0.15, 0.2) is 11.5 Å². The Morgan fingerprint density at radius 3 is 1.69 bits per heavy atom. The molecule has 0 spiro atoms. The number of aliphatic hydroxyl groups is 2. The molecule has 0 aliphatic heterocycles. The van der Waals surface area contributed by atoms with Crippen LogP contribution in [0.4, 0.5) is 0 Å². The summed E-state index contributed by atoms with van der Waals surface area (Å²) in [5.41, 5.74) is 0.239. The first-order valence-electron chi connectivity index (χ1n) is 18.5. The third-order valence-electron chi connectivity index (χ3n) is 8.47. The van der Waals surface area contributed by atoms with Crippen LogP contribution in [0.5, 0.6) is 17.2 Å². The lowest BCUT2D eigenvalue weighted by Gasteiger charge is -2.27. The maximum Gasteiger partial charge on any atom is 0.338 e. The highest BCUT2D eigenvalue weighted by atomic mass is 16.6. The summed E-state index contributed by atoms with van der Waals surface area (Å²) in [7, 11) is 6.78. The normalized spacial score (nSPS) is 12.7. The van der Waals surface area contributed by atoms with Gasteiger partial charge in [-0.3, -0.25) is 9.69 Å². The minimum Gasteiger partial charge on any atom is -0.493 e. The highest BCUT2D eigenvalue weighted by Crippen LogP contribution is 2.39. The van der Waals surface area contributed by atoms with E-state index in [0.717, 1.165) is 45.1 Å². The first kappa shape index (κ1) is 43.6. The number of benzene rings is 1. The van der Waals surface area contributed by atoms with E-state index in [1.54, 1.807) is 0 Å². The maximum atomic E-state index is 13.0. The lowest BCUT2D eigenvalue weighted by Crippen LogP contribution is -2.39. The van der Waals surface area contributed by atoms with Crippen molar-refractivity contribution in [1.29, 1.82) is 0 Å². The monoisotopic (exact) mass is 680 g/mol. The summed E-state index contributed by atoms with van der Waals surface area (Å²) in [5, 5.41) is 21.6. The zero-order chi connectivity index (χ0) is 35.6. The lowest BCUT2D eigenvalue weighted by atomic mass is 10.1. The Hall–Kier alpha value is -2.40. The molecule has 1 aromatic carbocycles. The quantitative estimate of drug-likeness (QED) is 0.0499. The maximum absolute atomic E-state index is 13.0. The second-order valence-corrected chi connectivity index (χ2v) is 13.3. The Labute approximate surface area is 291 Å². The van der Waals surface area contributed by atoms with Gasteiger partial charge in [-0.05, 0) is 58.5 Å². The van der Waals surface area contributed by atoms with E-state index in [0.29, 0.717) is 32.5 Å². The van der Waals surface area contributed by atoms with Crippen molar-refractivity contribution in [2.75, 3.05) is 61.1 Å². The van der Waals surface area contributed by atoms with Gasteiger partial charge < -0.3 is 34.1 Å². The van der Waals surface area contributed by atoms with Crippen LogP contribution in [0.2, 0.25) is 0 Å². The minimum atomic E-state index is -0.513. The smallest absolute Gasteiger partial charge is 0.338 e. The topological polar surface area (TPSA) is 118 Å². The SMILES string of the molecule is CCCCCCCCC(O)CN(CCCC(=O)Oc1c(OC)cc(C(=O)OCCCN(C)C)cc1OC)CC(O)CCCCCCCC. The number of ether oxygens (including phenoxy) is 4. The number of hydrogen-bond donors (Lipinski definition) is 2. The molecule has 0 heterocycles. The molecule has 0 saturated carbocycles. The highest BCUT2D eigenvalue weighted by Gasteiger charge is 2.22. The molecule has 0 fully saturated rings. The van der Waals surface area contributed by atoms with Crippen LogP contribution in [-0.4, -0.2) is 105 Å². The van der Waals surface area contributed by atoms with Gasteiger partial charge in [0.25, 0.3) is 0 Å². The van der Waals surface area contributed by atoms with Crippen LogP contribution < -0.4 is 14.2 Å². The molecule has 1 rings (SSSR count). The van der Waals surface area contributed by atoms with Crippen molar-refractivity contribution < 1.29 is 38.7 Å². The number of hydrogen-bond acceptors (Lipinski definition) is 10. The molecule has 2 N–H and O–H groups in total. The number of unbranched alkanes of at least 4 members (excludes halogenated alkanes) is 10. The molecular formula is C38H68N2O8. The first-order valence-corrected chi connectivity index (χ1v) is 18.5. The molecule has 2 atom stereocenters. The van der Waals surface area contributed by atoms with Crippen molar-refractivity contribution in [1.82, 2.24) is 9.80 Å². The van der Waals surface area contributed by atoms with Crippen LogP contribution in [0, 0.1) is 0 Å². The Kier molecular flexibility index (Phi) is 24.9. The summed E-state index contributed by atoms with van der Waals surface area (Å²) in [6.07, 6.45) is 15.9. The molecule has 0 aliphatic carbocycles. The molecule has 10 heteroatoms. The third-order valence-corrected chi connectivity index (χ3v) is 8.47. The summed E-state index contributed by atoms with van der Waals surface area (Å²) in [6.45, 7) is 6.96. The van der Waals surface area contributed by atoms with Gasteiger partial charge in [0.1, 0.15) is 0 Å². The molecule has 0 bridgehead atoms. The zero-order valence-electron chi connectivity index (χ0n) is 31.1. The van der Waals surface area contributed by atoms with Gasteiger partial charge in [-0.25, -0.2) is 4.79 Å². The molecule has 1 aromatic rings. The molecule has 0 radical (unpaired) electrons. The molecule has 0 saturated heterocycles. The Bertz CT molecular complexity index is 940. The Balaban J connectivity index is 2.76. The third kappa shape index (κ3) is 20.2. The Morgan fingerprint density at radius 2 is 1.21 bits per heavy atom. The van der Waals surface area contributed by atoms with Gasteiger partial charge in [-0.1, -0.05) is 90.9 Å². The number of carbonyl (C=O) groups is 2. The van der Waals surface area contributed by atoms with E-state index in [9.17, 15) is 19.8 Å². The molecule has 48 heavy (non-hydrogen) atoms. The van der Waals surface area contributed by atoms with Crippen LogP contribution in [0.1, 0.15) is 133 Å². The number of carbonyl (C=O) groups excluding carboxylic acids is 2. The van der Waals surface area contributed by atoms with E-state index < -0.39 is 24.1 Å². The Morgan fingerprint density at radius 1 is 0.708 bits per heavy atom. The van der Waals surface area contributed by atoms with Crippen LogP contribution in [0.25, 0.3) is 0 Å². The predicted octanol–water partition coefficient (Wildman–Crippen LogP) is 7.02. The van der Waals surface area contributed by atoms with Crippen LogP contribution in [-0.2, 0) is 9.53 Å². The number of esters is 2. The van der Waals surface area contributed by atoms with E-state index in [2.05, 4.69) is 18.7 Å². The van der Waals surface area contributed by atoms with Gasteiger partial charge in [-0.15, -0.1) is 0 Å². The van der Waals surface area contributed by atoms with Gasteiger partial charge >= 0.3 is 11.9 Å². The second kappa shape index (κ2) is 27.4. The van der Waals surface area contributed by atoms with E-state index in [1.165, 1.54) is 77.7 Å². The van der Waals surface area contributed by atoms with Crippen molar-refractivity contribution in [2.24, 2.45) is 0 Å². The fraction of sp³-hybridized carbons (Fsp3) is 0.789. The molecular weight excluding hydrogens is 612 g/mol. The van der Waals surface area contributed by atoms with Crippen molar-refractivity contribution in [3.8, 4) is 17.2 Å². The van der Waals surface area contributed by atoms with Crippen molar-refractivity contribution in [2.45, 2.75) is 135 Å². The highest BCUT2D eigenvalue weighted by molar-refractivity contribution is 5.91. The minimum absolute atomic E-state index is 0.106. The van der Waals surface area contributed by atoms with Crippen LogP contribution in [0.3, 0.4) is 0 Å². The fourth-order valence-corrected chi connectivity index (χ4v) is 5.70. The van der Waals surface area contributed by atoms with E-state index >= 15 is 0 Å². The average Bonchev–Trinajstić information content (AvgIpc) is 3.05. The fourth-order valence-electron chi connectivity index (χ4n) is 5.70. The van der Waals surface area contributed by atoms with Gasteiger partial charge in [-0.2, -0.15) is 0 Å². The van der Waals surface area contributed by atoms with Crippen molar-refractivity contribution >= 4 is 11.9 Å². The predicted molar refractivity (Wildman–Crippen MR) is 192 cm³/mol. The number of aliphatic hydroxyl groups excluding tert-OH is 2. The first-order chi connectivity index (χ1) is 23.1. The van der Waals surface area contributed by atoms with E-state index in [-0.39, 0.29) is 35.8 Å². The molecule has 0 amide bonds. The molecule has 2 unspecified atom stereocenters. The van der Waals surface area contributed by atoms with Crippen LogP contribution >= 0.6 is 0 Å².